The van der Waals surface area contributed by atoms with E-state index < -0.39 is 0 Å². The van der Waals surface area contributed by atoms with Gasteiger partial charge in [-0.25, -0.2) is 0 Å². The third-order valence-corrected chi connectivity index (χ3v) is 4.35. The molecule has 0 radical (unpaired) electrons. The summed E-state index contributed by atoms with van der Waals surface area (Å²) >= 11 is 0. The second kappa shape index (κ2) is 5.32. The molecule has 2 rings (SSSR count). The smallest absolute Gasteiger partial charge is 0.121 e. The van der Waals surface area contributed by atoms with Crippen LogP contribution in [0.2, 0.25) is 0 Å². The number of hydrogen-bond donors (Lipinski definition) is 0. The van der Waals surface area contributed by atoms with Crippen LogP contribution in [0.25, 0.3) is 0 Å². The predicted octanol–water partition coefficient (Wildman–Crippen LogP) is 4.95. The molecular weight excluding hydrogens is 244 g/mol. The maximum atomic E-state index is 5.35. The van der Waals surface area contributed by atoms with Crippen molar-refractivity contribution in [3.05, 3.63) is 64.2 Å². The summed E-state index contributed by atoms with van der Waals surface area (Å²) in [6.07, 6.45) is 0. The number of benzene rings is 2. The highest BCUT2D eigenvalue weighted by Gasteiger charge is 2.24. The topological polar surface area (TPSA) is 9.23 Å². The molecule has 2 aromatic carbocycles. The van der Waals surface area contributed by atoms with Crippen LogP contribution < -0.4 is 4.74 Å². The molecule has 0 N–H and O–H groups in total. The van der Waals surface area contributed by atoms with Crippen LogP contribution in [0.15, 0.2) is 36.4 Å². The molecule has 2 aromatic rings. The standard InChI is InChI=1S/C19H24O/c1-13-7-8-16(11-14(13)2)19(4,5)17-9-10-18(20-6)15(3)12-17/h7-12H,1-6H3. The SMILES string of the molecule is COc1ccc(C(C)(C)c2ccc(C)c(C)c2)cc1C. The average Bonchev–Trinajstić information content (AvgIpc) is 2.41. The summed E-state index contributed by atoms with van der Waals surface area (Å²) in [7, 11) is 1.72. The highest BCUT2D eigenvalue weighted by molar-refractivity contribution is 5.45. The van der Waals surface area contributed by atoms with Gasteiger partial charge in [-0.05, 0) is 54.7 Å². The van der Waals surface area contributed by atoms with E-state index in [2.05, 4.69) is 71.0 Å². The first-order chi connectivity index (χ1) is 9.36. The van der Waals surface area contributed by atoms with Gasteiger partial charge in [-0.1, -0.05) is 44.2 Å². The van der Waals surface area contributed by atoms with Crippen molar-refractivity contribution in [1.29, 1.82) is 0 Å². The Kier molecular flexibility index (Phi) is 3.89. The summed E-state index contributed by atoms with van der Waals surface area (Å²) in [6, 6.07) is 13.2. The summed E-state index contributed by atoms with van der Waals surface area (Å²) in [5.41, 5.74) is 6.54. The molecule has 0 saturated heterocycles. The minimum absolute atomic E-state index is 0.00447. The zero-order valence-corrected chi connectivity index (χ0v) is 13.4. The van der Waals surface area contributed by atoms with Crippen molar-refractivity contribution in [2.45, 2.75) is 40.0 Å². The van der Waals surface area contributed by atoms with Crippen LogP contribution in [-0.2, 0) is 5.41 Å². The summed E-state index contributed by atoms with van der Waals surface area (Å²) in [5, 5.41) is 0. The molecule has 0 aliphatic rings. The molecule has 20 heavy (non-hydrogen) atoms. The van der Waals surface area contributed by atoms with Gasteiger partial charge in [0.15, 0.2) is 0 Å². The molecule has 0 atom stereocenters. The van der Waals surface area contributed by atoms with Crippen LogP contribution >= 0.6 is 0 Å². The number of rotatable bonds is 3. The van der Waals surface area contributed by atoms with Crippen molar-refractivity contribution < 1.29 is 4.74 Å². The van der Waals surface area contributed by atoms with E-state index in [1.54, 1.807) is 7.11 Å². The molecule has 1 nitrogen and oxygen atoms in total. The lowest BCUT2D eigenvalue weighted by Gasteiger charge is -2.27. The van der Waals surface area contributed by atoms with Crippen LogP contribution in [0.3, 0.4) is 0 Å². The Morgan fingerprint density at radius 1 is 0.750 bits per heavy atom. The van der Waals surface area contributed by atoms with Gasteiger partial charge in [0, 0.05) is 5.41 Å². The normalized spacial score (nSPS) is 11.5. The van der Waals surface area contributed by atoms with Gasteiger partial charge in [-0.2, -0.15) is 0 Å². The summed E-state index contributed by atoms with van der Waals surface area (Å²) in [4.78, 5) is 0. The van der Waals surface area contributed by atoms with Crippen LogP contribution in [0, 0.1) is 20.8 Å². The van der Waals surface area contributed by atoms with Gasteiger partial charge in [0.25, 0.3) is 0 Å². The molecular formula is C19H24O. The predicted molar refractivity (Wildman–Crippen MR) is 85.8 cm³/mol. The second-order valence-electron chi connectivity index (χ2n) is 6.11. The number of ether oxygens (including phenoxy) is 1. The molecule has 0 aliphatic heterocycles. The highest BCUT2D eigenvalue weighted by atomic mass is 16.5. The van der Waals surface area contributed by atoms with Gasteiger partial charge >= 0.3 is 0 Å². The fourth-order valence-corrected chi connectivity index (χ4v) is 2.56. The second-order valence-corrected chi connectivity index (χ2v) is 6.11. The quantitative estimate of drug-likeness (QED) is 0.765. The number of hydrogen-bond acceptors (Lipinski definition) is 1. The molecule has 0 spiro atoms. The molecule has 106 valence electrons. The lowest BCUT2D eigenvalue weighted by atomic mass is 9.77. The van der Waals surface area contributed by atoms with Crippen LogP contribution in [0.1, 0.15) is 41.7 Å². The molecule has 1 heteroatoms. The van der Waals surface area contributed by atoms with Crippen molar-refractivity contribution in [1.82, 2.24) is 0 Å². The molecule has 0 aliphatic carbocycles. The van der Waals surface area contributed by atoms with E-state index in [0.29, 0.717) is 0 Å². The zero-order chi connectivity index (χ0) is 14.9. The minimum Gasteiger partial charge on any atom is -0.496 e. The molecule has 0 bridgehead atoms. The first-order valence-corrected chi connectivity index (χ1v) is 7.09. The van der Waals surface area contributed by atoms with E-state index in [4.69, 9.17) is 4.74 Å². The van der Waals surface area contributed by atoms with Crippen molar-refractivity contribution >= 4 is 0 Å². The molecule has 0 aromatic heterocycles. The molecule has 0 unspecified atom stereocenters. The van der Waals surface area contributed by atoms with Gasteiger partial charge in [-0.15, -0.1) is 0 Å². The Bertz CT molecular complexity index is 624. The minimum atomic E-state index is -0.00447. The first-order valence-electron chi connectivity index (χ1n) is 7.09. The van der Waals surface area contributed by atoms with E-state index in [-0.39, 0.29) is 5.41 Å². The van der Waals surface area contributed by atoms with E-state index in [1.807, 2.05) is 0 Å². The van der Waals surface area contributed by atoms with Crippen LogP contribution in [0.5, 0.6) is 5.75 Å². The van der Waals surface area contributed by atoms with Crippen molar-refractivity contribution in [2.24, 2.45) is 0 Å². The summed E-state index contributed by atoms with van der Waals surface area (Å²) < 4.78 is 5.35. The van der Waals surface area contributed by atoms with Gasteiger partial charge in [0.2, 0.25) is 0 Å². The Hall–Kier alpha value is -1.76. The summed E-state index contributed by atoms with van der Waals surface area (Å²) in [5.74, 6) is 0.949. The lowest BCUT2D eigenvalue weighted by Crippen LogP contribution is -2.19. The maximum absolute atomic E-state index is 5.35. The Morgan fingerprint density at radius 2 is 1.30 bits per heavy atom. The molecule has 0 heterocycles. The van der Waals surface area contributed by atoms with Gasteiger partial charge in [-0.3, -0.25) is 0 Å². The third kappa shape index (κ3) is 2.58. The Labute approximate surface area is 122 Å². The number of methoxy groups -OCH3 is 1. The highest BCUT2D eigenvalue weighted by Crippen LogP contribution is 2.34. The fourth-order valence-electron chi connectivity index (χ4n) is 2.56. The monoisotopic (exact) mass is 268 g/mol. The average molecular weight is 268 g/mol. The molecule has 0 saturated carbocycles. The van der Waals surface area contributed by atoms with E-state index in [1.165, 1.54) is 27.8 Å². The van der Waals surface area contributed by atoms with Crippen molar-refractivity contribution in [3.63, 3.8) is 0 Å². The van der Waals surface area contributed by atoms with Crippen molar-refractivity contribution in [2.75, 3.05) is 7.11 Å². The van der Waals surface area contributed by atoms with Gasteiger partial charge in [0.05, 0.1) is 7.11 Å². The maximum Gasteiger partial charge on any atom is 0.121 e. The van der Waals surface area contributed by atoms with E-state index in [9.17, 15) is 0 Å². The van der Waals surface area contributed by atoms with Crippen LogP contribution in [0.4, 0.5) is 0 Å². The Balaban J connectivity index is 2.48. The van der Waals surface area contributed by atoms with E-state index >= 15 is 0 Å². The first kappa shape index (κ1) is 14.6. The zero-order valence-electron chi connectivity index (χ0n) is 13.4. The lowest BCUT2D eigenvalue weighted by molar-refractivity contribution is 0.411. The van der Waals surface area contributed by atoms with Crippen molar-refractivity contribution in [3.8, 4) is 5.75 Å². The molecule has 0 fully saturated rings. The number of aryl methyl sites for hydroxylation is 3. The fraction of sp³-hybridized carbons (Fsp3) is 0.368. The largest absolute Gasteiger partial charge is 0.496 e. The van der Waals surface area contributed by atoms with Gasteiger partial charge < -0.3 is 4.74 Å². The Morgan fingerprint density at radius 3 is 1.80 bits per heavy atom. The van der Waals surface area contributed by atoms with Crippen LogP contribution in [-0.4, -0.2) is 7.11 Å². The van der Waals surface area contributed by atoms with Gasteiger partial charge in [0.1, 0.15) is 5.75 Å². The molecule has 0 amide bonds. The third-order valence-electron chi connectivity index (χ3n) is 4.35. The summed E-state index contributed by atoms with van der Waals surface area (Å²) in [6.45, 7) is 11.0. The van der Waals surface area contributed by atoms with E-state index in [0.717, 1.165) is 5.75 Å².